The van der Waals surface area contributed by atoms with Crippen molar-refractivity contribution >= 4 is 5.97 Å². The largest absolute Gasteiger partial charge is 0.455 e. The molecule has 3 heteroatoms. The van der Waals surface area contributed by atoms with E-state index in [1.54, 1.807) is 0 Å². The molecule has 1 aliphatic carbocycles. The van der Waals surface area contributed by atoms with Crippen molar-refractivity contribution in [2.24, 2.45) is 5.73 Å². The molecule has 0 saturated heterocycles. The molecular weight excluding hydrogens is 166 g/mol. The van der Waals surface area contributed by atoms with Gasteiger partial charge in [0.25, 0.3) is 0 Å². The molecular formula is C10H17NO2. The minimum Gasteiger partial charge on any atom is -0.455 e. The van der Waals surface area contributed by atoms with Gasteiger partial charge in [-0.15, -0.1) is 0 Å². The quantitative estimate of drug-likeness (QED) is 0.524. The minimum absolute atomic E-state index is 0.00759. The van der Waals surface area contributed by atoms with Crippen molar-refractivity contribution < 1.29 is 9.53 Å². The van der Waals surface area contributed by atoms with Crippen LogP contribution in [0.4, 0.5) is 0 Å². The van der Waals surface area contributed by atoms with Gasteiger partial charge in [-0.3, -0.25) is 0 Å². The number of hydrogen-bond acceptors (Lipinski definition) is 3. The monoisotopic (exact) mass is 183 g/mol. The molecule has 3 nitrogen and oxygen atoms in total. The molecule has 1 saturated carbocycles. The van der Waals surface area contributed by atoms with Crippen molar-refractivity contribution in [1.29, 1.82) is 0 Å². The molecule has 0 spiro atoms. The van der Waals surface area contributed by atoms with Crippen LogP contribution in [0.5, 0.6) is 0 Å². The van der Waals surface area contributed by atoms with E-state index in [-0.39, 0.29) is 11.3 Å². The fraction of sp³-hybridized carbons (Fsp3) is 0.700. The van der Waals surface area contributed by atoms with Gasteiger partial charge in [0.1, 0.15) is 11.3 Å². The lowest BCUT2D eigenvalue weighted by atomic mass is 9.86. The van der Waals surface area contributed by atoms with E-state index in [4.69, 9.17) is 10.5 Å². The highest BCUT2D eigenvalue weighted by Gasteiger charge is 2.30. The van der Waals surface area contributed by atoms with E-state index in [1.807, 2.05) is 6.92 Å². The highest BCUT2D eigenvalue weighted by atomic mass is 16.6. The van der Waals surface area contributed by atoms with E-state index >= 15 is 0 Å². The van der Waals surface area contributed by atoms with Crippen LogP contribution in [0.25, 0.3) is 0 Å². The molecule has 0 atom stereocenters. The molecule has 0 amide bonds. The van der Waals surface area contributed by atoms with Crippen molar-refractivity contribution in [3.63, 3.8) is 0 Å². The summed E-state index contributed by atoms with van der Waals surface area (Å²) < 4.78 is 5.28. The highest BCUT2D eigenvalue weighted by Crippen LogP contribution is 2.31. The van der Waals surface area contributed by atoms with E-state index < -0.39 is 5.97 Å². The molecule has 0 heterocycles. The summed E-state index contributed by atoms with van der Waals surface area (Å²) in [6.45, 7) is 5.32. The summed E-state index contributed by atoms with van der Waals surface area (Å²) in [5.41, 5.74) is 4.93. The second-order valence-corrected chi connectivity index (χ2v) is 3.93. The van der Waals surface area contributed by atoms with Gasteiger partial charge in [-0.25, -0.2) is 4.79 Å². The zero-order valence-corrected chi connectivity index (χ0v) is 8.14. The number of rotatable bonds is 2. The van der Waals surface area contributed by atoms with Gasteiger partial charge in [-0.2, -0.15) is 0 Å². The predicted molar refractivity (Wildman–Crippen MR) is 50.9 cm³/mol. The fourth-order valence-corrected chi connectivity index (χ4v) is 1.69. The first-order valence-electron chi connectivity index (χ1n) is 4.71. The second-order valence-electron chi connectivity index (χ2n) is 3.93. The maximum Gasteiger partial charge on any atom is 0.354 e. The van der Waals surface area contributed by atoms with Crippen molar-refractivity contribution in [3.05, 3.63) is 12.3 Å². The molecule has 2 N–H and O–H groups in total. The lowest BCUT2D eigenvalue weighted by Gasteiger charge is -2.33. The molecule has 1 fully saturated rings. The normalized spacial score (nSPS) is 20.7. The van der Waals surface area contributed by atoms with Gasteiger partial charge in [-0.1, -0.05) is 13.0 Å². The van der Waals surface area contributed by atoms with Crippen LogP contribution in [0.2, 0.25) is 0 Å². The minimum atomic E-state index is -0.468. The first-order valence-corrected chi connectivity index (χ1v) is 4.71. The number of hydrogen-bond donors (Lipinski definition) is 1. The smallest absolute Gasteiger partial charge is 0.354 e. The maximum absolute atomic E-state index is 11.2. The number of nitrogens with two attached hydrogens (primary N) is 1. The summed E-state index contributed by atoms with van der Waals surface area (Å²) >= 11 is 0. The number of carbonyl (C=O) groups excluding carboxylic acids is 1. The molecule has 13 heavy (non-hydrogen) atoms. The molecule has 0 aromatic carbocycles. The lowest BCUT2D eigenvalue weighted by molar-refractivity contribution is -0.156. The topological polar surface area (TPSA) is 52.3 Å². The Bertz CT molecular complexity index is 217. The van der Waals surface area contributed by atoms with Gasteiger partial charge < -0.3 is 10.5 Å². The van der Waals surface area contributed by atoms with Gasteiger partial charge >= 0.3 is 5.97 Å². The van der Waals surface area contributed by atoms with Crippen LogP contribution in [0.15, 0.2) is 12.3 Å². The summed E-state index contributed by atoms with van der Waals surface area (Å²) in [5, 5.41) is 0. The molecule has 1 aliphatic rings. The zero-order valence-electron chi connectivity index (χ0n) is 8.14. The second kappa shape index (κ2) is 3.81. The Hall–Kier alpha value is -0.990. The predicted octanol–water partition coefficient (Wildman–Crippen LogP) is 1.72. The lowest BCUT2D eigenvalue weighted by Crippen LogP contribution is -2.35. The van der Waals surface area contributed by atoms with Crippen LogP contribution in [-0.4, -0.2) is 11.6 Å². The van der Waals surface area contributed by atoms with Crippen LogP contribution >= 0.6 is 0 Å². The Morgan fingerprint density at radius 3 is 2.38 bits per heavy atom. The maximum atomic E-state index is 11.2. The molecule has 0 aromatic heterocycles. The molecule has 0 radical (unpaired) electrons. The SMILES string of the molecule is C=C(N)C(=O)OC1(C)CCCCC1. The first kappa shape index (κ1) is 10.1. The molecule has 0 aromatic rings. The van der Waals surface area contributed by atoms with E-state index in [1.165, 1.54) is 6.42 Å². The molecule has 0 bridgehead atoms. The fourth-order valence-electron chi connectivity index (χ4n) is 1.69. The van der Waals surface area contributed by atoms with Crippen LogP contribution in [0.1, 0.15) is 39.0 Å². The third-order valence-electron chi connectivity index (χ3n) is 2.51. The number of ether oxygens (including phenoxy) is 1. The summed E-state index contributed by atoms with van der Waals surface area (Å²) in [5.74, 6) is -0.468. The summed E-state index contributed by atoms with van der Waals surface area (Å²) in [6.07, 6.45) is 5.36. The Kier molecular flexibility index (Phi) is 2.96. The summed E-state index contributed by atoms with van der Waals surface area (Å²) in [6, 6.07) is 0. The van der Waals surface area contributed by atoms with E-state index in [0.29, 0.717) is 0 Å². The first-order chi connectivity index (χ1) is 6.03. The Morgan fingerprint density at radius 2 is 1.92 bits per heavy atom. The number of esters is 1. The van der Waals surface area contributed by atoms with Crippen LogP contribution < -0.4 is 5.73 Å². The zero-order chi connectivity index (χ0) is 9.90. The van der Waals surface area contributed by atoms with Crippen LogP contribution in [0, 0.1) is 0 Å². The summed E-state index contributed by atoms with van der Waals surface area (Å²) in [7, 11) is 0. The molecule has 74 valence electrons. The van der Waals surface area contributed by atoms with Gasteiger partial charge in [0.15, 0.2) is 0 Å². The molecule has 0 unspecified atom stereocenters. The van der Waals surface area contributed by atoms with E-state index in [2.05, 4.69) is 6.58 Å². The number of carbonyl (C=O) groups is 1. The van der Waals surface area contributed by atoms with Crippen molar-refractivity contribution in [2.75, 3.05) is 0 Å². The third-order valence-corrected chi connectivity index (χ3v) is 2.51. The highest BCUT2D eigenvalue weighted by molar-refractivity contribution is 5.86. The third kappa shape index (κ3) is 2.76. The van der Waals surface area contributed by atoms with Gasteiger partial charge in [0.05, 0.1) is 0 Å². The molecule has 1 rings (SSSR count). The van der Waals surface area contributed by atoms with Crippen molar-refractivity contribution in [3.8, 4) is 0 Å². The average Bonchev–Trinajstić information content (AvgIpc) is 2.04. The van der Waals surface area contributed by atoms with Gasteiger partial charge in [0.2, 0.25) is 0 Å². The molecule has 0 aliphatic heterocycles. The van der Waals surface area contributed by atoms with Gasteiger partial charge in [-0.05, 0) is 32.6 Å². The Balaban J connectivity index is 2.50. The van der Waals surface area contributed by atoms with Crippen molar-refractivity contribution in [2.45, 2.75) is 44.6 Å². The standard InChI is InChI=1S/C10H17NO2/c1-8(11)9(12)13-10(2)6-4-3-5-7-10/h1,3-7,11H2,2H3. The average molecular weight is 183 g/mol. The van der Waals surface area contributed by atoms with E-state index in [9.17, 15) is 4.79 Å². The van der Waals surface area contributed by atoms with Crippen molar-refractivity contribution in [1.82, 2.24) is 0 Å². The Morgan fingerprint density at radius 1 is 1.38 bits per heavy atom. The van der Waals surface area contributed by atoms with Crippen LogP contribution in [0.3, 0.4) is 0 Å². The Labute approximate surface area is 78.9 Å². The summed E-state index contributed by atoms with van der Waals surface area (Å²) in [4.78, 5) is 11.2. The van der Waals surface area contributed by atoms with Crippen LogP contribution in [-0.2, 0) is 9.53 Å². The van der Waals surface area contributed by atoms with E-state index in [0.717, 1.165) is 25.7 Å². The van der Waals surface area contributed by atoms with Gasteiger partial charge in [0, 0.05) is 0 Å².